The van der Waals surface area contributed by atoms with E-state index in [9.17, 15) is 28.1 Å². The molecule has 2 atom stereocenters. The number of ether oxygens (including phenoxy) is 1. The van der Waals surface area contributed by atoms with Crippen molar-refractivity contribution in [2.24, 2.45) is 0 Å². The summed E-state index contributed by atoms with van der Waals surface area (Å²) < 4.78 is 33.9. The lowest BCUT2D eigenvalue weighted by Crippen LogP contribution is -2.61. The van der Waals surface area contributed by atoms with Crippen LogP contribution in [0, 0.1) is 15.5 Å². The van der Waals surface area contributed by atoms with Gasteiger partial charge in [0.1, 0.15) is 12.2 Å². The number of aromatic nitrogens is 2. The topological polar surface area (TPSA) is 202 Å². The molecule has 4 N–H and O–H groups in total. The van der Waals surface area contributed by atoms with Gasteiger partial charge in [-0.05, 0) is 25.3 Å². The largest absolute Gasteiger partial charge is 0.356 e. The molecule has 0 bridgehead atoms. The summed E-state index contributed by atoms with van der Waals surface area (Å²) in [4.78, 5) is 41.6. The summed E-state index contributed by atoms with van der Waals surface area (Å²) in [6, 6.07) is 7.81. The summed E-state index contributed by atoms with van der Waals surface area (Å²) in [6.07, 6.45) is 2.34. The maximum absolute atomic E-state index is 12.8. The molecule has 2 heterocycles. The molecular formula is C21H28N8O7S. The molecule has 1 aromatic heterocycles. The van der Waals surface area contributed by atoms with Crippen molar-refractivity contribution in [1.29, 1.82) is 5.41 Å². The Balaban J connectivity index is 1.69. The van der Waals surface area contributed by atoms with Gasteiger partial charge >= 0.3 is 0 Å². The van der Waals surface area contributed by atoms with Crippen molar-refractivity contribution in [3.8, 4) is 0 Å². The Labute approximate surface area is 212 Å². The average molecular weight is 537 g/mol. The maximum atomic E-state index is 12.8. The number of carbonyl (C=O) groups is 1. The standard InChI is InChI=1S/C21H28N8O7S/c1-2-36-20-16(9-6-10-28(20)21(22)25-29(32)33)24-18(30)12-27-14-23-11-17(19(27)31)26-37(34,35)13-15-7-4-3-5-8-15/h3-5,7-8,11,14,16,20,26H,2,6,9-10,12-13H2,1H3,(H2,22,25)(H,24,30). The highest BCUT2D eigenvalue weighted by atomic mass is 32.2. The van der Waals surface area contributed by atoms with Crippen LogP contribution in [0.1, 0.15) is 25.3 Å². The Morgan fingerprint density at radius 1 is 1.32 bits per heavy atom. The zero-order valence-electron chi connectivity index (χ0n) is 20.0. The first-order chi connectivity index (χ1) is 17.6. The van der Waals surface area contributed by atoms with Gasteiger partial charge in [-0.25, -0.2) is 23.5 Å². The van der Waals surface area contributed by atoms with Crippen molar-refractivity contribution in [1.82, 2.24) is 25.2 Å². The number of hydrogen-bond donors (Lipinski definition) is 4. The fraction of sp³-hybridized carbons (Fsp3) is 0.429. The Morgan fingerprint density at radius 3 is 2.73 bits per heavy atom. The lowest BCUT2D eigenvalue weighted by molar-refractivity contribution is -0.527. The Kier molecular flexibility index (Phi) is 9.13. The first-order valence-corrected chi connectivity index (χ1v) is 13.0. The number of carbonyl (C=O) groups excluding carboxylic acids is 1. The molecule has 0 aliphatic carbocycles. The lowest BCUT2D eigenvalue weighted by atomic mass is 10.0. The van der Waals surface area contributed by atoms with E-state index in [2.05, 4.69) is 15.0 Å². The minimum absolute atomic E-state index is 0.230. The number of hydrazine groups is 1. The molecule has 200 valence electrons. The van der Waals surface area contributed by atoms with Gasteiger partial charge in [-0.15, -0.1) is 0 Å². The molecule has 2 unspecified atom stereocenters. The van der Waals surface area contributed by atoms with Gasteiger partial charge < -0.3 is 15.0 Å². The van der Waals surface area contributed by atoms with Crippen LogP contribution in [0.25, 0.3) is 0 Å². The molecule has 2 aromatic rings. The van der Waals surface area contributed by atoms with E-state index in [0.29, 0.717) is 24.9 Å². The summed E-state index contributed by atoms with van der Waals surface area (Å²) in [5.74, 6) is -1.41. The summed E-state index contributed by atoms with van der Waals surface area (Å²) in [6.45, 7) is 1.80. The first kappa shape index (κ1) is 27.5. The molecule has 1 amide bonds. The Hall–Kier alpha value is -4.05. The Morgan fingerprint density at radius 2 is 2.05 bits per heavy atom. The minimum atomic E-state index is -3.91. The van der Waals surface area contributed by atoms with Gasteiger partial charge in [-0.2, -0.15) is 0 Å². The van der Waals surface area contributed by atoms with Crippen molar-refractivity contribution >= 4 is 27.6 Å². The van der Waals surface area contributed by atoms with Gasteiger partial charge in [0.15, 0.2) is 11.3 Å². The third kappa shape index (κ3) is 7.71. The van der Waals surface area contributed by atoms with Gasteiger partial charge in [-0.1, -0.05) is 35.8 Å². The van der Waals surface area contributed by atoms with Crippen LogP contribution in [0.15, 0.2) is 47.7 Å². The number of piperidine rings is 1. The molecule has 0 radical (unpaired) electrons. The average Bonchev–Trinajstić information content (AvgIpc) is 2.82. The quantitative estimate of drug-likeness (QED) is 0.137. The summed E-state index contributed by atoms with van der Waals surface area (Å²) in [5, 5.41) is 20.6. The van der Waals surface area contributed by atoms with E-state index in [1.807, 2.05) is 0 Å². The number of nitro groups is 1. The number of likely N-dealkylation sites (tertiary alicyclic amines) is 1. The number of amides is 1. The zero-order chi connectivity index (χ0) is 27.0. The van der Waals surface area contributed by atoms with E-state index >= 15 is 0 Å². The normalized spacial score (nSPS) is 17.6. The second kappa shape index (κ2) is 12.3. The number of rotatable bonds is 10. The monoisotopic (exact) mass is 536 g/mol. The van der Waals surface area contributed by atoms with Crippen molar-refractivity contribution < 1.29 is 23.0 Å². The fourth-order valence-corrected chi connectivity index (χ4v) is 5.09. The van der Waals surface area contributed by atoms with Gasteiger partial charge in [0, 0.05) is 13.2 Å². The van der Waals surface area contributed by atoms with Gasteiger partial charge in [-0.3, -0.25) is 24.3 Å². The number of nitrogens with one attached hydrogen (secondary N) is 4. The highest BCUT2D eigenvalue weighted by molar-refractivity contribution is 7.91. The van der Waals surface area contributed by atoms with E-state index < -0.39 is 51.3 Å². The predicted molar refractivity (Wildman–Crippen MR) is 132 cm³/mol. The van der Waals surface area contributed by atoms with Gasteiger partial charge in [0.2, 0.25) is 15.9 Å². The summed E-state index contributed by atoms with van der Waals surface area (Å²) >= 11 is 0. The molecular weight excluding hydrogens is 508 g/mol. The molecule has 15 nitrogen and oxygen atoms in total. The number of anilines is 1. The molecule has 1 saturated heterocycles. The molecule has 3 rings (SSSR count). The maximum Gasteiger partial charge on any atom is 0.278 e. The number of benzene rings is 1. The zero-order valence-corrected chi connectivity index (χ0v) is 20.8. The third-order valence-corrected chi connectivity index (χ3v) is 6.66. The van der Waals surface area contributed by atoms with Gasteiger partial charge in [0.25, 0.3) is 11.5 Å². The summed E-state index contributed by atoms with van der Waals surface area (Å²) in [5.41, 5.74) is 1.26. The first-order valence-electron chi connectivity index (χ1n) is 11.4. The third-order valence-electron chi connectivity index (χ3n) is 5.41. The molecule has 0 saturated carbocycles. The van der Waals surface area contributed by atoms with Crippen molar-refractivity contribution in [3.63, 3.8) is 0 Å². The Bertz CT molecular complexity index is 1290. The number of guanidine groups is 1. The van der Waals surface area contributed by atoms with E-state index in [1.54, 1.807) is 42.7 Å². The highest BCUT2D eigenvalue weighted by Gasteiger charge is 2.35. The lowest BCUT2D eigenvalue weighted by Gasteiger charge is -2.41. The highest BCUT2D eigenvalue weighted by Crippen LogP contribution is 2.19. The number of sulfonamides is 1. The molecule has 1 aliphatic rings. The molecule has 1 aromatic carbocycles. The van der Waals surface area contributed by atoms with Crippen LogP contribution in [-0.4, -0.2) is 65.2 Å². The van der Waals surface area contributed by atoms with E-state index in [-0.39, 0.29) is 18.0 Å². The SMILES string of the molecule is CCOC1C(NC(=O)Cn2cncc(NS(=O)(=O)Cc3ccccc3)c2=O)CCCN1C(=N)N[N+](=O)[O-]. The second-order valence-corrected chi connectivity index (χ2v) is 9.88. The molecule has 16 heteroatoms. The number of hydrogen-bond acceptors (Lipinski definition) is 9. The van der Waals surface area contributed by atoms with Crippen molar-refractivity contribution in [2.75, 3.05) is 17.9 Å². The van der Waals surface area contributed by atoms with E-state index in [1.165, 1.54) is 4.90 Å². The van der Waals surface area contributed by atoms with E-state index in [4.69, 9.17) is 10.1 Å². The van der Waals surface area contributed by atoms with Crippen LogP contribution in [0.4, 0.5) is 5.69 Å². The predicted octanol–water partition coefficient (Wildman–Crippen LogP) is -0.156. The fourth-order valence-electron chi connectivity index (χ4n) is 3.92. The summed E-state index contributed by atoms with van der Waals surface area (Å²) in [7, 11) is -3.91. The van der Waals surface area contributed by atoms with E-state index in [0.717, 1.165) is 17.1 Å². The van der Waals surface area contributed by atoms with Crippen molar-refractivity contribution in [3.05, 3.63) is 68.9 Å². The molecule has 1 aliphatic heterocycles. The van der Waals surface area contributed by atoms with Crippen LogP contribution in [-0.2, 0) is 31.9 Å². The van der Waals surface area contributed by atoms with Crippen LogP contribution in [0.5, 0.6) is 0 Å². The van der Waals surface area contributed by atoms with Crippen LogP contribution in [0.2, 0.25) is 0 Å². The van der Waals surface area contributed by atoms with Crippen LogP contribution in [0.3, 0.4) is 0 Å². The van der Waals surface area contributed by atoms with Crippen molar-refractivity contribution in [2.45, 2.75) is 44.3 Å². The second-order valence-electron chi connectivity index (χ2n) is 8.16. The molecule has 1 fully saturated rings. The van der Waals surface area contributed by atoms with Gasteiger partial charge in [0.05, 0.1) is 24.3 Å². The minimum Gasteiger partial charge on any atom is -0.356 e. The van der Waals surface area contributed by atoms with Crippen LogP contribution >= 0.6 is 0 Å². The van der Waals surface area contributed by atoms with Crippen LogP contribution < -0.4 is 21.0 Å². The number of nitrogens with zero attached hydrogens (tertiary/aromatic N) is 4. The molecule has 37 heavy (non-hydrogen) atoms. The smallest absolute Gasteiger partial charge is 0.278 e. The molecule has 0 spiro atoms.